The molecular formula is C21H34O2. The van der Waals surface area contributed by atoms with Gasteiger partial charge in [-0.25, -0.2) is 0 Å². The van der Waals surface area contributed by atoms with E-state index in [1.54, 1.807) is 5.57 Å². The molecule has 4 aliphatic carbocycles. The second kappa shape index (κ2) is 5.33. The van der Waals surface area contributed by atoms with E-state index in [2.05, 4.69) is 19.9 Å². The summed E-state index contributed by atoms with van der Waals surface area (Å²) in [6.45, 7) is 6.98. The van der Waals surface area contributed by atoms with Crippen LogP contribution in [0, 0.1) is 34.5 Å². The molecule has 4 aliphatic rings. The highest BCUT2D eigenvalue weighted by Gasteiger charge is 2.59. The molecule has 0 saturated heterocycles. The van der Waals surface area contributed by atoms with E-state index in [4.69, 9.17) is 0 Å². The van der Waals surface area contributed by atoms with Crippen LogP contribution in [0.15, 0.2) is 11.6 Å². The summed E-state index contributed by atoms with van der Waals surface area (Å²) in [5.74, 6) is 2.91. The first-order valence-electron chi connectivity index (χ1n) is 9.92. The molecule has 2 N–H and O–H groups in total. The summed E-state index contributed by atoms with van der Waals surface area (Å²) >= 11 is 0. The van der Waals surface area contributed by atoms with Gasteiger partial charge < -0.3 is 10.2 Å². The van der Waals surface area contributed by atoms with Gasteiger partial charge in [0.05, 0.1) is 12.2 Å². The minimum atomic E-state index is -0.156. The van der Waals surface area contributed by atoms with Gasteiger partial charge in [0.15, 0.2) is 0 Å². The van der Waals surface area contributed by atoms with Crippen LogP contribution in [0.4, 0.5) is 0 Å². The number of fused-ring (bicyclic) bond motifs is 5. The van der Waals surface area contributed by atoms with E-state index in [-0.39, 0.29) is 12.2 Å². The van der Waals surface area contributed by atoms with Crippen molar-refractivity contribution in [3.8, 4) is 0 Å². The number of allylic oxidation sites excluding steroid dienone is 1. The average molecular weight is 319 g/mol. The Balaban J connectivity index is 1.65. The number of aliphatic hydroxyl groups is 2. The van der Waals surface area contributed by atoms with Gasteiger partial charge in [0.1, 0.15) is 0 Å². The van der Waals surface area contributed by atoms with Crippen molar-refractivity contribution in [2.45, 2.75) is 84.3 Å². The first-order chi connectivity index (χ1) is 10.9. The van der Waals surface area contributed by atoms with Crippen LogP contribution in [0.2, 0.25) is 0 Å². The van der Waals surface area contributed by atoms with Crippen LogP contribution in [-0.4, -0.2) is 22.4 Å². The summed E-state index contributed by atoms with van der Waals surface area (Å²) in [6.07, 6.45) is 11.7. The number of hydrogen-bond acceptors (Lipinski definition) is 2. The van der Waals surface area contributed by atoms with E-state index in [9.17, 15) is 10.2 Å². The maximum absolute atomic E-state index is 10.3. The standard InChI is InChI=1S/C21H34O2/c1-13(22)17-6-7-18-16-5-4-14-12-15(23)8-10-20(14,2)19(16)9-11-21(17,18)3/h4,13,15-19,22-23H,5-12H2,1-3H3/t13-,15-,16+,17-,18+,19+,20+,21-/m1/s1. The first kappa shape index (κ1) is 16.1. The Morgan fingerprint density at radius 2 is 1.87 bits per heavy atom. The van der Waals surface area contributed by atoms with Crippen LogP contribution in [0.25, 0.3) is 0 Å². The largest absolute Gasteiger partial charge is 0.393 e. The summed E-state index contributed by atoms with van der Waals surface area (Å²) in [7, 11) is 0. The van der Waals surface area contributed by atoms with Gasteiger partial charge in [-0.15, -0.1) is 0 Å². The Kier molecular flexibility index (Phi) is 3.74. The van der Waals surface area contributed by atoms with Gasteiger partial charge in [-0.3, -0.25) is 0 Å². The fourth-order valence-electron chi connectivity index (χ4n) is 7.47. The summed E-state index contributed by atoms with van der Waals surface area (Å²) in [6, 6.07) is 0. The lowest BCUT2D eigenvalue weighted by Gasteiger charge is -2.58. The molecule has 3 saturated carbocycles. The predicted molar refractivity (Wildman–Crippen MR) is 92.9 cm³/mol. The van der Waals surface area contributed by atoms with Crippen molar-refractivity contribution in [3.63, 3.8) is 0 Å². The molecule has 4 rings (SSSR count). The fraction of sp³-hybridized carbons (Fsp3) is 0.905. The molecular weight excluding hydrogens is 284 g/mol. The molecule has 2 heteroatoms. The number of hydrogen-bond donors (Lipinski definition) is 2. The first-order valence-corrected chi connectivity index (χ1v) is 9.92. The molecule has 0 amide bonds. The maximum atomic E-state index is 10.3. The Morgan fingerprint density at radius 1 is 1.09 bits per heavy atom. The monoisotopic (exact) mass is 318 g/mol. The van der Waals surface area contributed by atoms with Crippen LogP contribution in [0.5, 0.6) is 0 Å². The van der Waals surface area contributed by atoms with E-state index >= 15 is 0 Å². The van der Waals surface area contributed by atoms with Crippen LogP contribution in [0.3, 0.4) is 0 Å². The highest BCUT2D eigenvalue weighted by atomic mass is 16.3. The van der Waals surface area contributed by atoms with Crippen molar-refractivity contribution in [3.05, 3.63) is 11.6 Å². The minimum Gasteiger partial charge on any atom is -0.393 e. The summed E-state index contributed by atoms with van der Waals surface area (Å²) in [4.78, 5) is 0. The second-order valence-electron chi connectivity index (χ2n) is 9.62. The van der Waals surface area contributed by atoms with E-state index in [0.717, 1.165) is 30.6 Å². The minimum absolute atomic E-state index is 0.106. The Morgan fingerprint density at radius 3 is 2.61 bits per heavy atom. The molecule has 3 fully saturated rings. The van der Waals surface area contributed by atoms with Gasteiger partial charge in [0, 0.05) is 0 Å². The quantitative estimate of drug-likeness (QED) is 0.707. The zero-order valence-electron chi connectivity index (χ0n) is 15.1. The van der Waals surface area contributed by atoms with Crippen molar-refractivity contribution < 1.29 is 10.2 Å². The third-order valence-electron chi connectivity index (χ3n) is 8.73. The molecule has 0 bridgehead atoms. The normalized spacial score (nSPS) is 53.8. The number of rotatable bonds is 1. The molecule has 0 aromatic heterocycles. The van der Waals surface area contributed by atoms with Crippen molar-refractivity contribution in [2.24, 2.45) is 34.5 Å². The van der Waals surface area contributed by atoms with Gasteiger partial charge in [-0.05, 0) is 92.8 Å². The van der Waals surface area contributed by atoms with Gasteiger partial charge in [-0.1, -0.05) is 25.5 Å². The zero-order chi connectivity index (χ0) is 16.4. The molecule has 2 nitrogen and oxygen atoms in total. The third-order valence-corrected chi connectivity index (χ3v) is 8.73. The van der Waals surface area contributed by atoms with E-state index < -0.39 is 0 Å². The van der Waals surface area contributed by atoms with Crippen molar-refractivity contribution in [1.29, 1.82) is 0 Å². The lowest BCUT2D eigenvalue weighted by Crippen LogP contribution is -2.51. The fourth-order valence-corrected chi connectivity index (χ4v) is 7.47. The average Bonchev–Trinajstić information content (AvgIpc) is 2.85. The summed E-state index contributed by atoms with van der Waals surface area (Å²) in [5, 5.41) is 20.4. The Bertz CT molecular complexity index is 510. The van der Waals surface area contributed by atoms with Crippen LogP contribution >= 0.6 is 0 Å². The van der Waals surface area contributed by atoms with Crippen LogP contribution < -0.4 is 0 Å². The molecule has 23 heavy (non-hydrogen) atoms. The molecule has 8 atom stereocenters. The van der Waals surface area contributed by atoms with Gasteiger partial charge in [0.2, 0.25) is 0 Å². The molecule has 0 aromatic carbocycles. The Labute approximate surface area is 141 Å². The molecule has 0 spiro atoms. The maximum Gasteiger partial charge on any atom is 0.0577 e. The SMILES string of the molecule is C[C@@H](O)[C@H]1CC[C@H]2[C@@H]3CC=C4C[C@H](O)CC[C@]4(C)[C@H]3CC[C@]12C. The van der Waals surface area contributed by atoms with Gasteiger partial charge in [-0.2, -0.15) is 0 Å². The lowest BCUT2D eigenvalue weighted by atomic mass is 9.47. The van der Waals surface area contributed by atoms with Crippen LogP contribution in [-0.2, 0) is 0 Å². The van der Waals surface area contributed by atoms with Crippen molar-refractivity contribution >= 4 is 0 Å². The van der Waals surface area contributed by atoms with Gasteiger partial charge in [0.25, 0.3) is 0 Å². The van der Waals surface area contributed by atoms with Crippen molar-refractivity contribution in [1.82, 2.24) is 0 Å². The molecule has 0 radical (unpaired) electrons. The van der Waals surface area contributed by atoms with Crippen LogP contribution in [0.1, 0.15) is 72.1 Å². The smallest absolute Gasteiger partial charge is 0.0577 e. The van der Waals surface area contributed by atoms with E-state index in [1.807, 2.05) is 6.92 Å². The zero-order valence-corrected chi connectivity index (χ0v) is 15.1. The molecule has 130 valence electrons. The Hall–Kier alpha value is -0.340. The number of aliphatic hydroxyl groups excluding tert-OH is 2. The van der Waals surface area contributed by atoms with E-state index in [1.165, 1.54) is 38.5 Å². The molecule has 0 aliphatic heterocycles. The lowest BCUT2D eigenvalue weighted by molar-refractivity contribution is -0.0675. The predicted octanol–water partition coefficient (Wildman–Crippen LogP) is 4.31. The summed E-state index contributed by atoms with van der Waals surface area (Å²) in [5.41, 5.74) is 2.25. The van der Waals surface area contributed by atoms with Crippen molar-refractivity contribution in [2.75, 3.05) is 0 Å². The summed E-state index contributed by atoms with van der Waals surface area (Å²) < 4.78 is 0. The topological polar surface area (TPSA) is 40.5 Å². The second-order valence-corrected chi connectivity index (χ2v) is 9.62. The van der Waals surface area contributed by atoms with Gasteiger partial charge >= 0.3 is 0 Å². The highest BCUT2D eigenvalue weighted by Crippen LogP contribution is 2.66. The molecule has 0 aromatic rings. The molecule has 0 unspecified atom stereocenters. The molecule has 0 heterocycles. The third kappa shape index (κ3) is 2.20. The highest BCUT2D eigenvalue weighted by molar-refractivity contribution is 5.25. The van der Waals surface area contributed by atoms with E-state index in [0.29, 0.717) is 16.7 Å².